The Balaban J connectivity index is 0. The minimum absolute atomic E-state index is 0.558. The number of rotatable bonds is 3. The van der Waals surface area contributed by atoms with Crippen LogP contribution in [0.2, 0.25) is 0 Å². The Kier molecular flexibility index (Phi) is 10.2. The molecule has 0 aromatic heterocycles. The molecule has 0 aromatic rings. The minimum Gasteiger partial charge on any atom is -0.478 e. The van der Waals surface area contributed by atoms with Crippen molar-refractivity contribution >= 4 is 11.9 Å². The van der Waals surface area contributed by atoms with Gasteiger partial charge in [0.05, 0.1) is 0 Å². The molecule has 12 heavy (non-hydrogen) atoms. The summed E-state index contributed by atoms with van der Waals surface area (Å²) in [6, 6.07) is 0. The van der Waals surface area contributed by atoms with Crippen LogP contribution >= 0.6 is 0 Å². The van der Waals surface area contributed by atoms with E-state index in [1.54, 1.807) is 0 Å². The monoisotopic (exact) mass is 172 g/mol. The van der Waals surface area contributed by atoms with Crippen molar-refractivity contribution in [2.45, 2.75) is 13.3 Å². The van der Waals surface area contributed by atoms with Crippen molar-refractivity contribution in [2.75, 3.05) is 0 Å². The summed E-state index contributed by atoms with van der Waals surface area (Å²) in [4.78, 5) is 19.1. The van der Waals surface area contributed by atoms with Gasteiger partial charge >= 0.3 is 11.9 Å². The van der Waals surface area contributed by atoms with E-state index in [9.17, 15) is 9.59 Å². The second-order valence-corrected chi connectivity index (χ2v) is 1.71. The topological polar surface area (TPSA) is 74.6 Å². The summed E-state index contributed by atoms with van der Waals surface area (Å²) >= 11 is 0. The molecule has 0 aromatic carbocycles. The van der Waals surface area contributed by atoms with Gasteiger partial charge in [-0.05, 0) is 6.42 Å². The van der Waals surface area contributed by atoms with Gasteiger partial charge in [0.25, 0.3) is 0 Å². The number of carboxylic acid groups (broad SMARTS) is 2. The average Bonchev–Trinajstić information content (AvgIpc) is 2.01. The van der Waals surface area contributed by atoms with E-state index in [2.05, 4.69) is 13.5 Å². The Hall–Kier alpha value is -1.58. The fourth-order valence-electron chi connectivity index (χ4n) is 0.143. The molecule has 0 aliphatic heterocycles. The molecule has 0 saturated carbocycles. The number of hydrogen-bond donors (Lipinski definition) is 2. The third kappa shape index (κ3) is 23.7. The highest BCUT2D eigenvalue weighted by Crippen LogP contribution is 1.70. The molecular formula is C8H12O4. The van der Waals surface area contributed by atoms with Crippen molar-refractivity contribution in [3.05, 3.63) is 24.8 Å². The predicted octanol–water partition coefficient (Wildman–Crippen LogP) is 1.29. The van der Waals surface area contributed by atoms with Gasteiger partial charge in [-0.15, -0.1) is 6.58 Å². The minimum atomic E-state index is -1.26. The van der Waals surface area contributed by atoms with E-state index in [0.29, 0.717) is 12.2 Å². The number of carbonyl (C=O) groups is 2. The first-order valence-electron chi connectivity index (χ1n) is 3.29. The molecule has 0 amide bonds. The first-order chi connectivity index (χ1) is 5.54. The van der Waals surface area contributed by atoms with Gasteiger partial charge in [0, 0.05) is 12.2 Å². The lowest BCUT2D eigenvalue weighted by Gasteiger charge is -1.74. The zero-order chi connectivity index (χ0) is 9.98. The van der Waals surface area contributed by atoms with Gasteiger partial charge in [-0.3, -0.25) is 0 Å². The molecule has 0 heterocycles. The highest BCUT2D eigenvalue weighted by molar-refractivity contribution is 5.89. The van der Waals surface area contributed by atoms with Crippen molar-refractivity contribution in [2.24, 2.45) is 0 Å². The quantitative estimate of drug-likeness (QED) is 0.497. The summed E-state index contributed by atoms with van der Waals surface area (Å²) < 4.78 is 0. The molecule has 0 spiro atoms. The lowest BCUT2D eigenvalue weighted by atomic mass is 10.5. The molecule has 0 bridgehead atoms. The van der Waals surface area contributed by atoms with Crippen LogP contribution in [0.4, 0.5) is 0 Å². The molecule has 0 aliphatic carbocycles. The summed E-state index contributed by atoms with van der Waals surface area (Å²) in [6.07, 6.45) is 4.07. The second-order valence-electron chi connectivity index (χ2n) is 1.71. The Morgan fingerprint density at radius 1 is 1.25 bits per heavy atom. The number of hydrogen-bond acceptors (Lipinski definition) is 2. The number of carboxylic acids is 2. The SMILES string of the molecule is C=CCC.O=C(O)/C=C/C(=O)O. The van der Waals surface area contributed by atoms with E-state index in [0.717, 1.165) is 6.42 Å². The van der Waals surface area contributed by atoms with Crippen LogP contribution in [0, 0.1) is 0 Å². The summed E-state index contributed by atoms with van der Waals surface area (Å²) in [7, 11) is 0. The third-order valence-corrected chi connectivity index (χ3v) is 0.657. The Bertz CT molecular complexity index is 165. The fraction of sp³-hybridized carbons (Fsp3) is 0.250. The molecule has 0 aliphatic rings. The molecule has 0 unspecified atom stereocenters. The van der Waals surface area contributed by atoms with Crippen molar-refractivity contribution < 1.29 is 19.8 Å². The molecular weight excluding hydrogens is 160 g/mol. The molecule has 2 N–H and O–H groups in total. The maximum Gasteiger partial charge on any atom is 0.328 e. The van der Waals surface area contributed by atoms with E-state index in [1.807, 2.05) is 6.08 Å². The van der Waals surface area contributed by atoms with Gasteiger partial charge in [0.2, 0.25) is 0 Å². The van der Waals surface area contributed by atoms with Crippen molar-refractivity contribution in [3.63, 3.8) is 0 Å². The smallest absolute Gasteiger partial charge is 0.328 e. The van der Waals surface area contributed by atoms with Gasteiger partial charge < -0.3 is 10.2 Å². The van der Waals surface area contributed by atoms with Crippen LogP contribution in [0.1, 0.15) is 13.3 Å². The molecule has 0 rings (SSSR count). The Labute approximate surface area is 70.8 Å². The van der Waals surface area contributed by atoms with Gasteiger partial charge in [0.1, 0.15) is 0 Å². The average molecular weight is 172 g/mol. The van der Waals surface area contributed by atoms with E-state index >= 15 is 0 Å². The largest absolute Gasteiger partial charge is 0.478 e. The Morgan fingerprint density at radius 3 is 1.58 bits per heavy atom. The molecule has 4 nitrogen and oxygen atoms in total. The van der Waals surface area contributed by atoms with Gasteiger partial charge in [-0.1, -0.05) is 13.0 Å². The summed E-state index contributed by atoms with van der Waals surface area (Å²) in [5, 5.41) is 15.6. The molecule has 0 fully saturated rings. The summed E-state index contributed by atoms with van der Waals surface area (Å²) in [5.74, 6) is -2.51. The second kappa shape index (κ2) is 9.42. The van der Waals surface area contributed by atoms with Gasteiger partial charge in [-0.25, -0.2) is 9.59 Å². The zero-order valence-corrected chi connectivity index (χ0v) is 6.86. The number of aliphatic carboxylic acids is 2. The van der Waals surface area contributed by atoms with E-state index in [1.165, 1.54) is 0 Å². The lowest BCUT2D eigenvalue weighted by molar-refractivity contribution is -0.134. The summed E-state index contributed by atoms with van der Waals surface area (Å²) in [5.41, 5.74) is 0. The first kappa shape index (κ1) is 13.0. The van der Waals surface area contributed by atoms with Crippen LogP contribution in [0.25, 0.3) is 0 Å². The van der Waals surface area contributed by atoms with Crippen molar-refractivity contribution in [1.82, 2.24) is 0 Å². The fourth-order valence-corrected chi connectivity index (χ4v) is 0.143. The van der Waals surface area contributed by atoms with Crippen LogP contribution in [0.3, 0.4) is 0 Å². The number of allylic oxidation sites excluding steroid dienone is 1. The maximum absolute atomic E-state index is 9.55. The highest BCUT2D eigenvalue weighted by Gasteiger charge is 1.88. The third-order valence-electron chi connectivity index (χ3n) is 0.657. The van der Waals surface area contributed by atoms with E-state index in [4.69, 9.17) is 10.2 Å². The molecule has 0 saturated heterocycles. The maximum atomic E-state index is 9.55. The van der Waals surface area contributed by atoms with Crippen LogP contribution < -0.4 is 0 Å². The van der Waals surface area contributed by atoms with E-state index in [-0.39, 0.29) is 0 Å². The summed E-state index contributed by atoms with van der Waals surface area (Å²) in [6.45, 7) is 5.54. The standard InChI is InChI=1S/C4H4O4.C4H8/c5-3(6)1-2-4(7)8;1-3-4-2/h1-2H,(H,5,6)(H,7,8);3H,1,4H2,2H3/b2-1+;. The van der Waals surface area contributed by atoms with E-state index < -0.39 is 11.9 Å². The zero-order valence-electron chi connectivity index (χ0n) is 6.86. The molecule has 68 valence electrons. The van der Waals surface area contributed by atoms with Crippen molar-refractivity contribution in [3.8, 4) is 0 Å². The predicted molar refractivity (Wildman–Crippen MR) is 44.9 cm³/mol. The first-order valence-corrected chi connectivity index (χ1v) is 3.29. The van der Waals surface area contributed by atoms with Crippen LogP contribution in [0.15, 0.2) is 24.8 Å². The highest BCUT2D eigenvalue weighted by atomic mass is 16.4. The normalized spacial score (nSPS) is 8.42. The van der Waals surface area contributed by atoms with Gasteiger partial charge in [0.15, 0.2) is 0 Å². The van der Waals surface area contributed by atoms with Crippen LogP contribution in [-0.4, -0.2) is 22.2 Å². The van der Waals surface area contributed by atoms with Crippen LogP contribution in [-0.2, 0) is 9.59 Å². The molecule has 4 heteroatoms. The van der Waals surface area contributed by atoms with Crippen LogP contribution in [0.5, 0.6) is 0 Å². The molecule has 0 atom stereocenters. The molecule has 0 radical (unpaired) electrons. The lowest BCUT2D eigenvalue weighted by Crippen LogP contribution is -1.91. The Morgan fingerprint density at radius 2 is 1.50 bits per heavy atom. The van der Waals surface area contributed by atoms with Gasteiger partial charge in [-0.2, -0.15) is 0 Å². The van der Waals surface area contributed by atoms with Crippen molar-refractivity contribution in [1.29, 1.82) is 0 Å².